The van der Waals surface area contributed by atoms with Crippen molar-refractivity contribution in [3.8, 4) is 11.5 Å². The second kappa shape index (κ2) is 9.07. The molecule has 0 radical (unpaired) electrons. The van der Waals surface area contributed by atoms with Crippen molar-refractivity contribution in [3.05, 3.63) is 94.8 Å². The van der Waals surface area contributed by atoms with E-state index < -0.39 is 5.54 Å². The fraction of sp³-hybridized carbons (Fsp3) is 0.222. The Balaban J connectivity index is 1.55. The van der Waals surface area contributed by atoms with E-state index in [2.05, 4.69) is 10.4 Å². The zero-order valence-electron chi connectivity index (χ0n) is 19.5. The summed E-state index contributed by atoms with van der Waals surface area (Å²) in [7, 11) is 0. The summed E-state index contributed by atoms with van der Waals surface area (Å²) in [5.74, 6) is 0.00750. The van der Waals surface area contributed by atoms with Crippen LogP contribution >= 0.6 is 11.6 Å². The van der Waals surface area contributed by atoms with Gasteiger partial charge >= 0.3 is 0 Å². The molecule has 2 aromatic carbocycles. The van der Waals surface area contributed by atoms with Crippen molar-refractivity contribution in [3.63, 3.8) is 0 Å². The van der Waals surface area contributed by atoms with Gasteiger partial charge in [-0.05, 0) is 54.8 Å². The van der Waals surface area contributed by atoms with Gasteiger partial charge in [-0.1, -0.05) is 48.9 Å². The fourth-order valence-corrected chi connectivity index (χ4v) is 4.63. The van der Waals surface area contributed by atoms with Gasteiger partial charge in [0.25, 0.3) is 5.91 Å². The Hall–Kier alpha value is -3.84. The number of carbonyl (C=O) groups is 2. The number of hydrogen-bond donors (Lipinski definition) is 1. The first-order valence-corrected chi connectivity index (χ1v) is 11.9. The predicted molar refractivity (Wildman–Crippen MR) is 134 cm³/mol. The van der Waals surface area contributed by atoms with Crippen LogP contribution in [0.25, 0.3) is 11.5 Å². The molecule has 0 spiro atoms. The summed E-state index contributed by atoms with van der Waals surface area (Å²) in [5, 5.41) is 8.25. The van der Waals surface area contributed by atoms with Crippen LogP contribution in [-0.4, -0.2) is 27.1 Å². The van der Waals surface area contributed by atoms with Gasteiger partial charge in [-0.25, -0.2) is 0 Å². The van der Waals surface area contributed by atoms with E-state index in [4.69, 9.17) is 16.0 Å². The third-order valence-corrected chi connectivity index (χ3v) is 6.65. The highest BCUT2D eigenvalue weighted by Gasteiger charge is 2.49. The van der Waals surface area contributed by atoms with Crippen molar-refractivity contribution >= 4 is 29.1 Å². The SMILES string of the molecule is CCc1ccccc1N1C(=O)c2cc(-c3ccco3)nn2C[C@@]1(C)C(=O)NCc1ccc(Cl)cc1. The minimum atomic E-state index is -1.21. The average Bonchev–Trinajstić information content (AvgIpc) is 3.54. The quantitative estimate of drug-likeness (QED) is 0.409. The molecule has 1 N–H and O–H groups in total. The number of rotatable bonds is 6. The molecule has 8 heteroatoms. The number of fused-ring (bicyclic) bond motifs is 1. The molecule has 0 saturated carbocycles. The Morgan fingerprint density at radius 1 is 1.14 bits per heavy atom. The van der Waals surface area contributed by atoms with Gasteiger partial charge in [0.2, 0.25) is 5.91 Å². The number of nitrogens with zero attached hydrogens (tertiary/aromatic N) is 3. The maximum atomic E-state index is 13.9. The molecule has 4 aromatic rings. The molecule has 0 bridgehead atoms. The number of benzene rings is 2. The van der Waals surface area contributed by atoms with Crippen LogP contribution in [0, 0.1) is 0 Å². The van der Waals surface area contributed by atoms with Gasteiger partial charge in [-0.2, -0.15) is 5.10 Å². The van der Waals surface area contributed by atoms with Crippen LogP contribution in [0.15, 0.2) is 77.4 Å². The van der Waals surface area contributed by atoms with Crippen LogP contribution in [0.3, 0.4) is 0 Å². The van der Waals surface area contributed by atoms with Gasteiger partial charge in [-0.3, -0.25) is 19.2 Å². The molecule has 1 aliphatic heterocycles. The Bertz CT molecular complexity index is 1380. The number of para-hydroxylation sites is 1. The Kier molecular flexibility index (Phi) is 5.94. The van der Waals surface area contributed by atoms with E-state index in [1.165, 1.54) is 0 Å². The number of amides is 2. The van der Waals surface area contributed by atoms with Crippen LogP contribution in [0.1, 0.15) is 35.5 Å². The molecular weight excluding hydrogens is 464 g/mol. The summed E-state index contributed by atoms with van der Waals surface area (Å²) < 4.78 is 7.09. The van der Waals surface area contributed by atoms with Crippen LogP contribution < -0.4 is 10.2 Å². The van der Waals surface area contributed by atoms with Crippen LogP contribution in [0.5, 0.6) is 0 Å². The summed E-state index contributed by atoms with van der Waals surface area (Å²) in [4.78, 5) is 29.3. The molecule has 1 aliphatic rings. The first-order valence-electron chi connectivity index (χ1n) is 11.5. The van der Waals surface area contributed by atoms with E-state index in [0.717, 1.165) is 23.2 Å². The number of nitrogens with one attached hydrogen (secondary N) is 1. The van der Waals surface area contributed by atoms with E-state index in [1.54, 1.807) is 53.1 Å². The van der Waals surface area contributed by atoms with E-state index in [0.29, 0.717) is 28.7 Å². The van der Waals surface area contributed by atoms with Crippen molar-refractivity contribution < 1.29 is 14.0 Å². The van der Waals surface area contributed by atoms with Crippen molar-refractivity contribution in [2.75, 3.05) is 4.90 Å². The van der Waals surface area contributed by atoms with Crippen LogP contribution in [0.4, 0.5) is 5.69 Å². The topological polar surface area (TPSA) is 80.4 Å². The van der Waals surface area contributed by atoms with E-state index in [1.807, 2.05) is 43.3 Å². The lowest BCUT2D eigenvalue weighted by molar-refractivity contribution is -0.126. The van der Waals surface area contributed by atoms with Crippen molar-refractivity contribution in [2.24, 2.45) is 0 Å². The number of carbonyl (C=O) groups excluding carboxylic acids is 2. The fourth-order valence-electron chi connectivity index (χ4n) is 4.51. The number of hydrogen-bond acceptors (Lipinski definition) is 4. The molecule has 2 aromatic heterocycles. The van der Waals surface area contributed by atoms with Gasteiger partial charge < -0.3 is 9.73 Å². The molecule has 2 amide bonds. The second-order valence-corrected chi connectivity index (χ2v) is 9.19. The number of furan rings is 1. The van der Waals surface area contributed by atoms with Gasteiger partial charge in [0.05, 0.1) is 12.8 Å². The molecule has 5 rings (SSSR count). The number of anilines is 1. The van der Waals surface area contributed by atoms with E-state index >= 15 is 0 Å². The molecular formula is C27H25ClN4O3. The minimum Gasteiger partial charge on any atom is -0.463 e. The highest BCUT2D eigenvalue weighted by Crippen LogP contribution is 2.36. The first-order chi connectivity index (χ1) is 16.9. The highest BCUT2D eigenvalue weighted by atomic mass is 35.5. The summed E-state index contributed by atoms with van der Waals surface area (Å²) in [5.41, 5.74) is 2.36. The zero-order chi connectivity index (χ0) is 24.6. The second-order valence-electron chi connectivity index (χ2n) is 8.76. The normalized spacial score (nSPS) is 17.3. The molecule has 0 aliphatic carbocycles. The minimum absolute atomic E-state index is 0.194. The molecule has 0 saturated heterocycles. The standard InChI is InChI=1S/C27H25ClN4O3/c1-3-19-7-4-5-8-22(19)32-25(33)23-15-21(24-9-6-14-35-24)30-31(23)17-27(32,2)26(34)29-16-18-10-12-20(28)13-11-18/h4-15H,3,16-17H2,1-2H3,(H,29,34)/t27-/m0/s1. The Morgan fingerprint density at radius 2 is 1.91 bits per heavy atom. The zero-order valence-corrected chi connectivity index (χ0v) is 20.2. The van der Waals surface area contributed by atoms with Gasteiger partial charge in [0.15, 0.2) is 5.76 Å². The van der Waals surface area contributed by atoms with Crippen LogP contribution in [0.2, 0.25) is 5.02 Å². The maximum Gasteiger partial charge on any atom is 0.277 e. The van der Waals surface area contributed by atoms with Crippen molar-refractivity contribution in [1.82, 2.24) is 15.1 Å². The first kappa shape index (κ1) is 22.9. The van der Waals surface area contributed by atoms with Gasteiger partial charge in [-0.15, -0.1) is 0 Å². The summed E-state index contributed by atoms with van der Waals surface area (Å²) in [6.45, 7) is 4.32. The predicted octanol–water partition coefficient (Wildman–Crippen LogP) is 5.09. The van der Waals surface area contributed by atoms with Gasteiger partial charge in [0, 0.05) is 23.3 Å². The third kappa shape index (κ3) is 4.12. The largest absolute Gasteiger partial charge is 0.463 e. The summed E-state index contributed by atoms with van der Waals surface area (Å²) >= 11 is 5.99. The smallest absolute Gasteiger partial charge is 0.277 e. The van der Waals surface area contributed by atoms with Crippen LogP contribution in [-0.2, 0) is 24.3 Å². The number of halogens is 1. The lowest BCUT2D eigenvalue weighted by Gasteiger charge is -2.43. The average molecular weight is 489 g/mol. The molecule has 7 nitrogen and oxygen atoms in total. The lowest BCUT2D eigenvalue weighted by atomic mass is 9.92. The summed E-state index contributed by atoms with van der Waals surface area (Å²) in [6, 6.07) is 20.3. The molecule has 178 valence electrons. The Labute approximate surface area is 208 Å². The molecule has 1 atom stereocenters. The molecule has 0 unspecified atom stereocenters. The van der Waals surface area contributed by atoms with E-state index in [-0.39, 0.29) is 18.4 Å². The number of aryl methyl sites for hydroxylation is 1. The highest BCUT2D eigenvalue weighted by molar-refractivity contribution is 6.30. The van der Waals surface area contributed by atoms with Gasteiger partial charge in [0.1, 0.15) is 16.9 Å². The lowest BCUT2D eigenvalue weighted by Crippen LogP contribution is -2.64. The van der Waals surface area contributed by atoms with E-state index in [9.17, 15) is 9.59 Å². The maximum absolute atomic E-state index is 13.9. The molecule has 0 fully saturated rings. The molecule has 35 heavy (non-hydrogen) atoms. The third-order valence-electron chi connectivity index (χ3n) is 6.40. The number of aromatic nitrogens is 2. The van der Waals surface area contributed by atoms with Crippen molar-refractivity contribution in [1.29, 1.82) is 0 Å². The van der Waals surface area contributed by atoms with Crippen molar-refractivity contribution in [2.45, 2.75) is 38.9 Å². The summed E-state index contributed by atoms with van der Waals surface area (Å²) in [6.07, 6.45) is 2.28. The molecule has 3 heterocycles. The monoisotopic (exact) mass is 488 g/mol. The Morgan fingerprint density at radius 3 is 2.63 bits per heavy atom.